The summed E-state index contributed by atoms with van der Waals surface area (Å²) in [4.78, 5) is 26.7. The van der Waals surface area contributed by atoms with Gasteiger partial charge in [0, 0.05) is 6.20 Å². The van der Waals surface area contributed by atoms with Gasteiger partial charge in [0.05, 0.1) is 30.5 Å². The van der Waals surface area contributed by atoms with Crippen LogP contribution in [0.5, 0.6) is 0 Å². The quantitative estimate of drug-likeness (QED) is 0.724. The number of carbonyl (C=O) groups is 2. The van der Waals surface area contributed by atoms with Crippen LogP contribution < -0.4 is 0 Å². The highest BCUT2D eigenvalue weighted by Crippen LogP contribution is 2.10. The summed E-state index contributed by atoms with van der Waals surface area (Å²) < 4.78 is 9.39. The van der Waals surface area contributed by atoms with Crippen LogP contribution in [-0.4, -0.2) is 30.6 Å². The van der Waals surface area contributed by atoms with Gasteiger partial charge >= 0.3 is 11.9 Å². The Hall–Kier alpha value is -1.91. The number of hydrogen-bond donors (Lipinski definition) is 0. The van der Waals surface area contributed by atoms with E-state index in [4.69, 9.17) is 4.74 Å². The molecule has 86 valence electrons. The number of hydrogen-bond acceptors (Lipinski definition) is 5. The molecular formula is C11H13NO4. The molecule has 0 aromatic carbocycles. The summed E-state index contributed by atoms with van der Waals surface area (Å²) in [5.41, 5.74) is 1.03. The molecule has 0 unspecified atom stereocenters. The minimum Gasteiger partial charge on any atom is -0.465 e. The Labute approximate surface area is 93.4 Å². The van der Waals surface area contributed by atoms with E-state index in [9.17, 15) is 9.59 Å². The Kier molecular flexibility index (Phi) is 3.99. The largest absolute Gasteiger partial charge is 0.465 e. The van der Waals surface area contributed by atoms with E-state index in [0.29, 0.717) is 5.69 Å². The van der Waals surface area contributed by atoms with E-state index in [-0.39, 0.29) is 17.7 Å². The number of aromatic nitrogens is 1. The van der Waals surface area contributed by atoms with Gasteiger partial charge in [-0.3, -0.25) is 4.98 Å². The van der Waals surface area contributed by atoms with E-state index in [2.05, 4.69) is 9.72 Å². The SMILES string of the molecule is CCOC(=O)c1cnc(C)c(C(=O)OC)c1. The Balaban J connectivity index is 3.07. The first kappa shape index (κ1) is 12.2. The first-order valence-corrected chi connectivity index (χ1v) is 4.82. The summed E-state index contributed by atoms with van der Waals surface area (Å²) in [6.45, 7) is 3.65. The third-order valence-electron chi connectivity index (χ3n) is 2.00. The zero-order valence-corrected chi connectivity index (χ0v) is 9.44. The van der Waals surface area contributed by atoms with Crippen molar-refractivity contribution >= 4 is 11.9 Å². The van der Waals surface area contributed by atoms with Gasteiger partial charge in [0.15, 0.2) is 0 Å². The first-order valence-electron chi connectivity index (χ1n) is 4.82. The van der Waals surface area contributed by atoms with Gasteiger partial charge in [-0.1, -0.05) is 0 Å². The fourth-order valence-electron chi connectivity index (χ4n) is 1.18. The molecule has 5 nitrogen and oxygen atoms in total. The summed E-state index contributed by atoms with van der Waals surface area (Å²) in [5, 5.41) is 0. The fourth-order valence-corrected chi connectivity index (χ4v) is 1.18. The second-order valence-electron chi connectivity index (χ2n) is 3.07. The third-order valence-corrected chi connectivity index (χ3v) is 2.00. The van der Waals surface area contributed by atoms with E-state index in [1.807, 2.05) is 0 Å². The number of esters is 2. The summed E-state index contributed by atoms with van der Waals surface area (Å²) in [6.07, 6.45) is 1.37. The van der Waals surface area contributed by atoms with Crippen LogP contribution in [0.3, 0.4) is 0 Å². The number of ether oxygens (including phenoxy) is 2. The Morgan fingerprint density at radius 1 is 1.38 bits per heavy atom. The van der Waals surface area contributed by atoms with Crippen LogP contribution in [0.25, 0.3) is 0 Å². The normalized spacial score (nSPS) is 9.69. The summed E-state index contributed by atoms with van der Waals surface area (Å²) in [6, 6.07) is 1.42. The van der Waals surface area contributed by atoms with Crippen LogP contribution in [0.4, 0.5) is 0 Å². The summed E-state index contributed by atoms with van der Waals surface area (Å²) in [5.74, 6) is -1.02. The molecule has 16 heavy (non-hydrogen) atoms. The Morgan fingerprint density at radius 2 is 2.06 bits per heavy atom. The molecule has 1 aromatic rings. The summed E-state index contributed by atoms with van der Waals surface area (Å²) in [7, 11) is 1.28. The van der Waals surface area contributed by atoms with Crippen LogP contribution in [0.1, 0.15) is 33.3 Å². The van der Waals surface area contributed by atoms with Crippen molar-refractivity contribution in [1.29, 1.82) is 0 Å². The molecular weight excluding hydrogens is 210 g/mol. The van der Waals surface area contributed by atoms with Crippen molar-refractivity contribution in [1.82, 2.24) is 4.98 Å². The number of methoxy groups -OCH3 is 1. The van der Waals surface area contributed by atoms with E-state index in [1.54, 1.807) is 13.8 Å². The minimum atomic E-state index is -0.517. The van der Waals surface area contributed by atoms with Gasteiger partial charge in [0.1, 0.15) is 0 Å². The predicted molar refractivity (Wildman–Crippen MR) is 56.3 cm³/mol. The Bertz CT molecular complexity index is 414. The fraction of sp³-hybridized carbons (Fsp3) is 0.364. The number of pyridine rings is 1. The molecule has 0 atom stereocenters. The van der Waals surface area contributed by atoms with E-state index in [0.717, 1.165) is 0 Å². The lowest BCUT2D eigenvalue weighted by molar-refractivity contribution is 0.0526. The molecule has 0 amide bonds. The van der Waals surface area contributed by atoms with Gasteiger partial charge in [0.25, 0.3) is 0 Å². The highest BCUT2D eigenvalue weighted by atomic mass is 16.5. The average Bonchev–Trinajstić information content (AvgIpc) is 2.29. The molecule has 0 N–H and O–H groups in total. The molecule has 1 aromatic heterocycles. The van der Waals surface area contributed by atoms with Gasteiger partial charge in [-0.15, -0.1) is 0 Å². The van der Waals surface area contributed by atoms with Gasteiger partial charge < -0.3 is 9.47 Å². The molecule has 1 heterocycles. The van der Waals surface area contributed by atoms with Crippen LogP contribution in [-0.2, 0) is 9.47 Å². The van der Waals surface area contributed by atoms with Crippen molar-refractivity contribution in [2.24, 2.45) is 0 Å². The van der Waals surface area contributed by atoms with Crippen LogP contribution in [0.2, 0.25) is 0 Å². The van der Waals surface area contributed by atoms with Crippen LogP contribution in [0, 0.1) is 6.92 Å². The van der Waals surface area contributed by atoms with Gasteiger partial charge in [-0.2, -0.15) is 0 Å². The van der Waals surface area contributed by atoms with Crippen molar-refractivity contribution in [3.05, 3.63) is 29.1 Å². The minimum absolute atomic E-state index is 0.243. The Morgan fingerprint density at radius 3 is 2.62 bits per heavy atom. The molecule has 0 aliphatic rings. The lowest BCUT2D eigenvalue weighted by Gasteiger charge is -2.05. The number of carbonyl (C=O) groups excluding carboxylic acids is 2. The van der Waals surface area contributed by atoms with E-state index < -0.39 is 11.9 Å². The molecule has 1 rings (SSSR count). The standard InChI is InChI=1S/C11H13NO4/c1-4-16-10(13)8-5-9(11(14)15-3)7(2)12-6-8/h5-6H,4H2,1-3H3. The smallest absolute Gasteiger partial charge is 0.339 e. The maximum absolute atomic E-state index is 11.4. The maximum Gasteiger partial charge on any atom is 0.339 e. The first-order chi connectivity index (χ1) is 7.60. The molecule has 0 saturated heterocycles. The monoisotopic (exact) mass is 223 g/mol. The van der Waals surface area contributed by atoms with E-state index in [1.165, 1.54) is 19.4 Å². The lowest BCUT2D eigenvalue weighted by atomic mass is 10.1. The average molecular weight is 223 g/mol. The maximum atomic E-state index is 11.4. The van der Waals surface area contributed by atoms with Crippen molar-refractivity contribution in [3.8, 4) is 0 Å². The van der Waals surface area contributed by atoms with Gasteiger partial charge in [0.2, 0.25) is 0 Å². The molecule has 0 bridgehead atoms. The molecule has 0 spiro atoms. The molecule has 0 fully saturated rings. The summed E-state index contributed by atoms with van der Waals surface area (Å²) >= 11 is 0. The lowest BCUT2D eigenvalue weighted by Crippen LogP contribution is -2.10. The molecule has 0 radical (unpaired) electrons. The number of nitrogens with zero attached hydrogens (tertiary/aromatic N) is 1. The van der Waals surface area contributed by atoms with Crippen LogP contribution >= 0.6 is 0 Å². The highest BCUT2D eigenvalue weighted by molar-refractivity contribution is 5.95. The second-order valence-corrected chi connectivity index (χ2v) is 3.07. The van der Waals surface area contributed by atoms with Gasteiger partial charge in [-0.25, -0.2) is 9.59 Å². The highest BCUT2D eigenvalue weighted by Gasteiger charge is 2.15. The van der Waals surface area contributed by atoms with Crippen molar-refractivity contribution in [3.63, 3.8) is 0 Å². The zero-order valence-electron chi connectivity index (χ0n) is 9.44. The van der Waals surface area contributed by atoms with Crippen molar-refractivity contribution in [2.45, 2.75) is 13.8 Å². The number of aryl methyl sites for hydroxylation is 1. The molecule has 0 aliphatic heterocycles. The van der Waals surface area contributed by atoms with Crippen LogP contribution in [0.15, 0.2) is 12.3 Å². The third kappa shape index (κ3) is 2.56. The zero-order chi connectivity index (χ0) is 12.1. The van der Waals surface area contributed by atoms with Crippen molar-refractivity contribution in [2.75, 3.05) is 13.7 Å². The molecule has 0 aliphatic carbocycles. The topological polar surface area (TPSA) is 65.5 Å². The van der Waals surface area contributed by atoms with Crippen molar-refractivity contribution < 1.29 is 19.1 Å². The number of rotatable bonds is 3. The predicted octanol–water partition coefficient (Wildman–Crippen LogP) is 1.35. The van der Waals surface area contributed by atoms with Gasteiger partial charge in [-0.05, 0) is 19.9 Å². The second kappa shape index (κ2) is 5.25. The van der Waals surface area contributed by atoms with E-state index >= 15 is 0 Å². The molecule has 5 heteroatoms. The molecule has 0 saturated carbocycles.